The smallest absolute Gasteiger partial charge is 0.191 e. The molecule has 0 bridgehead atoms. The zero-order valence-corrected chi connectivity index (χ0v) is 10.3. The first kappa shape index (κ1) is 11.3. The van der Waals surface area contributed by atoms with Crippen LogP contribution in [0.1, 0.15) is 19.6 Å². The van der Waals surface area contributed by atoms with Crippen molar-refractivity contribution in [3.05, 3.63) is 30.5 Å². The summed E-state index contributed by atoms with van der Waals surface area (Å²) < 4.78 is 7.31. The highest BCUT2D eigenvalue weighted by molar-refractivity contribution is 7.99. The summed E-state index contributed by atoms with van der Waals surface area (Å²) in [5, 5.41) is 8.98. The van der Waals surface area contributed by atoms with E-state index in [1.165, 1.54) is 0 Å². The van der Waals surface area contributed by atoms with Gasteiger partial charge in [-0.25, -0.2) is 0 Å². The molecule has 0 atom stereocenters. The molecule has 0 aliphatic carbocycles. The van der Waals surface area contributed by atoms with Gasteiger partial charge in [-0.05, 0) is 18.1 Å². The van der Waals surface area contributed by atoms with E-state index in [1.54, 1.807) is 24.4 Å². The van der Waals surface area contributed by atoms with Crippen LogP contribution < -0.4 is 0 Å². The third kappa shape index (κ3) is 2.88. The van der Waals surface area contributed by atoms with Crippen LogP contribution in [0.2, 0.25) is 0 Å². The summed E-state index contributed by atoms with van der Waals surface area (Å²) in [6, 6.07) is 3.84. The Labute approximate surface area is 99.1 Å². The summed E-state index contributed by atoms with van der Waals surface area (Å²) in [6.45, 7) is 5.08. The number of nitrogens with zero attached hydrogens (tertiary/aromatic N) is 3. The molecule has 2 heterocycles. The fraction of sp³-hybridized carbons (Fsp3) is 0.455. The van der Waals surface area contributed by atoms with Gasteiger partial charge in [0, 0.05) is 5.75 Å². The molecule has 0 N–H and O–H groups in total. The van der Waals surface area contributed by atoms with E-state index in [1.807, 2.05) is 16.7 Å². The van der Waals surface area contributed by atoms with Crippen LogP contribution in [0.5, 0.6) is 0 Å². The van der Waals surface area contributed by atoms with Crippen LogP contribution in [0.4, 0.5) is 0 Å². The maximum atomic E-state index is 5.30. The summed E-state index contributed by atoms with van der Waals surface area (Å²) >= 11 is 1.73. The van der Waals surface area contributed by atoms with Crippen LogP contribution in [-0.2, 0) is 6.54 Å². The molecular weight excluding hydrogens is 222 g/mol. The van der Waals surface area contributed by atoms with Gasteiger partial charge in [-0.3, -0.25) is 0 Å². The van der Waals surface area contributed by atoms with Crippen molar-refractivity contribution in [3.8, 4) is 0 Å². The molecule has 0 aromatic carbocycles. The lowest BCUT2D eigenvalue weighted by molar-refractivity contribution is 0.484. The average Bonchev–Trinajstić information content (AvgIpc) is 2.87. The number of thioether (sulfide) groups is 1. The highest BCUT2D eigenvalue weighted by Crippen LogP contribution is 2.18. The fourth-order valence-electron chi connectivity index (χ4n) is 1.28. The van der Waals surface area contributed by atoms with Crippen LogP contribution in [0.15, 0.2) is 34.3 Å². The monoisotopic (exact) mass is 237 g/mol. The summed E-state index contributed by atoms with van der Waals surface area (Å²) in [5.74, 6) is 2.63. The molecule has 2 rings (SSSR count). The third-order valence-electron chi connectivity index (χ3n) is 2.03. The number of hydrogen-bond acceptors (Lipinski definition) is 4. The minimum atomic E-state index is 0.652. The lowest BCUT2D eigenvalue weighted by atomic mass is 10.3. The molecule has 2 aromatic rings. The van der Waals surface area contributed by atoms with Gasteiger partial charge in [-0.2, -0.15) is 0 Å². The molecule has 16 heavy (non-hydrogen) atoms. The Hall–Kier alpha value is -1.23. The quantitative estimate of drug-likeness (QED) is 0.750. The van der Waals surface area contributed by atoms with Crippen LogP contribution in [0.25, 0.3) is 0 Å². The Morgan fingerprint density at radius 3 is 3.06 bits per heavy atom. The van der Waals surface area contributed by atoms with Crippen molar-refractivity contribution in [1.82, 2.24) is 14.8 Å². The fourth-order valence-corrected chi connectivity index (χ4v) is 2.14. The highest BCUT2D eigenvalue weighted by atomic mass is 32.2. The maximum absolute atomic E-state index is 5.30. The van der Waals surface area contributed by atoms with Crippen molar-refractivity contribution in [1.29, 1.82) is 0 Å². The molecule has 0 unspecified atom stereocenters. The van der Waals surface area contributed by atoms with E-state index in [2.05, 4.69) is 24.0 Å². The van der Waals surface area contributed by atoms with Crippen molar-refractivity contribution in [2.45, 2.75) is 25.5 Å². The van der Waals surface area contributed by atoms with Gasteiger partial charge in [-0.1, -0.05) is 25.6 Å². The van der Waals surface area contributed by atoms with Crippen molar-refractivity contribution in [3.63, 3.8) is 0 Å². The van der Waals surface area contributed by atoms with Crippen molar-refractivity contribution >= 4 is 11.8 Å². The van der Waals surface area contributed by atoms with E-state index >= 15 is 0 Å². The van der Waals surface area contributed by atoms with Gasteiger partial charge < -0.3 is 8.98 Å². The summed E-state index contributed by atoms with van der Waals surface area (Å²) in [5.41, 5.74) is 0. The van der Waals surface area contributed by atoms with Crippen LogP contribution >= 0.6 is 11.8 Å². The van der Waals surface area contributed by atoms with Crippen molar-refractivity contribution < 1.29 is 4.42 Å². The molecule has 0 radical (unpaired) electrons. The van der Waals surface area contributed by atoms with Gasteiger partial charge in [0.25, 0.3) is 0 Å². The van der Waals surface area contributed by atoms with E-state index in [4.69, 9.17) is 4.42 Å². The third-order valence-corrected chi connectivity index (χ3v) is 3.44. The van der Waals surface area contributed by atoms with E-state index < -0.39 is 0 Å². The molecule has 0 aliphatic rings. The molecule has 0 saturated heterocycles. The molecule has 0 amide bonds. The zero-order chi connectivity index (χ0) is 11.4. The topological polar surface area (TPSA) is 43.9 Å². The molecule has 0 spiro atoms. The van der Waals surface area contributed by atoms with Crippen molar-refractivity contribution in [2.24, 2.45) is 5.92 Å². The van der Waals surface area contributed by atoms with Gasteiger partial charge >= 0.3 is 0 Å². The summed E-state index contributed by atoms with van der Waals surface area (Å²) in [4.78, 5) is 0. The Balaban J connectivity index is 2.01. The SMILES string of the molecule is CC(C)CSc1nncn1Cc1ccco1. The molecular formula is C11H15N3OS. The summed E-state index contributed by atoms with van der Waals surface area (Å²) in [7, 11) is 0. The first-order chi connectivity index (χ1) is 7.75. The van der Waals surface area contributed by atoms with E-state index in [0.717, 1.165) is 16.7 Å². The van der Waals surface area contributed by atoms with E-state index in [-0.39, 0.29) is 0 Å². The number of furan rings is 1. The lowest BCUT2D eigenvalue weighted by Crippen LogP contribution is -2.01. The normalized spacial score (nSPS) is 11.2. The van der Waals surface area contributed by atoms with E-state index in [0.29, 0.717) is 12.5 Å². The molecule has 4 nitrogen and oxygen atoms in total. The summed E-state index contributed by atoms with van der Waals surface area (Å²) in [6.07, 6.45) is 3.42. The van der Waals surface area contributed by atoms with Gasteiger partial charge in [0.15, 0.2) is 5.16 Å². The van der Waals surface area contributed by atoms with Crippen molar-refractivity contribution in [2.75, 3.05) is 5.75 Å². The Kier molecular flexibility index (Phi) is 3.66. The first-order valence-corrected chi connectivity index (χ1v) is 6.27. The van der Waals surface area contributed by atoms with E-state index in [9.17, 15) is 0 Å². The second kappa shape index (κ2) is 5.21. The van der Waals surface area contributed by atoms with Gasteiger partial charge in [0.2, 0.25) is 0 Å². The van der Waals surface area contributed by atoms with Gasteiger partial charge in [0.05, 0.1) is 12.8 Å². The Bertz CT molecular complexity index is 422. The predicted molar refractivity (Wildman–Crippen MR) is 63.4 cm³/mol. The predicted octanol–water partition coefficient (Wildman–Crippen LogP) is 2.67. The molecule has 2 aromatic heterocycles. The minimum absolute atomic E-state index is 0.652. The number of rotatable bonds is 5. The first-order valence-electron chi connectivity index (χ1n) is 5.28. The average molecular weight is 237 g/mol. The molecule has 86 valence electrons. The largest absolute Gasteiger partial charge is 0.467 e. The second-order valence-corrected chi connectivity index (χ2v) is 5.01. The molecule has 0 fully saturated rings. The Morgan fingerprint density at radius 2 is 2.38 bits per heavy atom. The van der Waals surface area contributed by atoms with Gasteiger partial charge in [-0.15, -0.1) is 10.2 Å². The zero-order valence-electron chi connectivity index (χ0n) is 9.46. The number of aromatic nitrogens is 3. The van der Waals surface area contributed by atoms with Crippen LogP contribution in [0.3, 0.4) is 0 Å². The molecule has 0 aliphatic heterocycles. The Morgan fingerprint density at radius 1 is 1.50 bits per heavy atom. The lowest BCUT2D eigenvalue weighted by Gasteiger charge is -2.05. The minimum Gasteiger partial charge on any atom is -0.467 e. The molecule has 0 saturated carbocycles. The highest BCUT2D eigenvalue weighted by Gasteiger charge is 2.07. The number of hydrogen-bond donors (Lipinski definition) is 0. The van der Waals surface area contributed by atoms with Gasteiger partial charge in [0.1, 0.15) is 12.1 Å². The standard InChI is InChI=1S/C11H15N3OS/c1-9(2)7-16-11-13-12-8-14(11)6-10-4-3-5-15-10/h3-5,8-9H,6-7H2,1-2H3. The van der Waals surface area contributed by atoms with Crippen LogP contribution in [0, 0.1) is 5.92 Å². The second-order valence-electron chi connectivity index (χ2n) is 4.03. The molecule has 5 heteroatoms. The van der Waals surface area contributed by atoms with Crippen LogP contribution in [-0.4, -0.2) is 20.5 Å². The maximum Gasteiger partial charge on any atom is 0.191 e.